The second-order valence-corrected chi connectivity index (χ2v) is 4.26. The monoisotopic (exact) mass is 237 g/mol. The minimum atomic E-state index is 0.657. The minimum absolute atomic E-state index is 0.657. The van der Waals surface area contributed by atoms with Crippen LogP contribution in [0, 0.1) is 11.3 Å². The zero-order chi connectivity index (χ0) is 13.0. The van der Waals surface area contributed by atoms with E-state index in [1.807, 2.05) is 44.4 Å². The van der Waals surface area contributed by atoms with Crippen LogP contribution in [0.5, 0.6) is 0 Å². The summed E-state index contributed by atoms with van der Waals surface area (Å²) in [4.78, 5) is 2.06. The molecule has 0 fully saturated rings. The molecule has 2 aromatic rings. The Morgan fingerprint density at radius 1 is 1.00 bits per heavy atom. The van der Waals surface area contributed by atoms with Crippen molar-refractivity contribution in [3.63, 3.8) is 0 Å². The largest absolute Gasteiger partial charge is 0.378 e. The SMILES string of the molecule is CN(C)c1ccc(Nc2cccc(C#N)c2)cc1. The standard InChI is InChI=1S/C15H15N3/c1-18(2)15-8-6-13(7-9-15)17-14-5-3-4-12(10-14)11-16/h3-10,17H,1-2H3. The van der Waals surface area contributed by atoms with Gasteiger partial charge in [-0.1, -0.05) is 6.07 Å². The first kappa shape index (κ1) is 12.0. The number of nitrogens with zero attached hydrogens (tertiary/aromatic N) is 2. The van der Waals surface area contributed by atoms with E-state index in [0.29, 0.717) is 5.56 Å². The van der Waals surface area contributed by atoms with Crippen LogP contribution in [-0.4, -0.2) is 14.1 Å². The van der Waals surface area contributed by atoms with Crippen LogP contribution in [0.1, 0.15) is 5.56 Å². The number of hydrogen-bond acceptors (Lipinski definition) is 3. The number of rotatable bonds is 3. The van der Waals surface area contributed by atoms with Gasteiger partial charge in [0.05, 0.1) is 11.6 Å². The van der Waals surface area contributed by atoms with E-state index < -0.39 is 0 Å². The van der Waals surface area contributed by atoms with Gasteiger partial charge >= 0.3 is 0 Å². The van der Waals surface area contributed by atoms with Crippen LogP contribution in [0.25, 0.3) is 0 Å². The van der Waals surface area contributed by atoms with E-state index in [-0.39, 0.29) is 0 Å². The molecule has 0 saturated carbocycles. The molecule has 1 N–H and O–H groups in total. The van der Waals surface area contributed by atoms with E-state index in [4.69, 9.17) is 5.26 Å². The van der Waals surface area contributed by atoms with Gasteiger partial charge in [-0.3, -0.25) is 0 Å². The lowest BCUT2D eigenvalue weighted by Gasteiger charge is -2.13. The van der Waals surface area contributed by atoms with Gasteiger partial charge in [0.1, 0.15) is 0 Å². The molecule has 0 saturated heterocycles. The van der Waals surface area contributed by atoms with E-state index in [1.54, 1.807) is 6.07 Å². The van der Waals surface area contributed by atoms with Crippen molar-refractivity contribution in [3.05, 3.63) is 54.1 Å². The lowest BCUT2D eigenvalue weighted by molar-refractivity contribution is 1.13. The normalized spacial score (nSPS) is 9.61. The van der Waals surface area contributed by atoms with Gasteiger partial charge in [-0.25, -0.2) is 0 Å². The van der Waals surface area contributed by atoms with Gasteiger partial charge in [0.15, 0.2) is 0 Å². The predicted molar refractivity (Wildman–Crippen MR) is 75.2 cm³/mol. The molecule has 3 nitrogen and oxygen atoms in total. The number of nitriles is 1. The summed E-state index contributed by atoms with van der Waals surface area (Å²) in [5, 5.41) is 12.1. The summed E-state index contributed by atoms with van der Waals surface area (Å²) in [6.45, 7) is 0. The number of nitrogens with one attached hydrogen (secondary N) is 1. The van der Waals surface area contributed by atoms with Crippen LogP contribution in [0.15, 0.2) is 48.5 Å². The van der Waals surface area contributed by atoms with Gasteiger partial charge in [0, 0.05) is 31.2 Å². The van der Waals surface area contributed by atoms with Gasteiger partial charge < -0.3 is 10.2 Å². The van der Waals surface area contributed by atoms with Crippen molar-refractivity contribution in [1.29, 1.82) is 5.26 Å². The van der Waals surface area contributed by atoms with Crippen molar-refractivity contribution >= 4 is 17.1 Å². The third-order valence-corrected chi connectivity index (χ3v) is 2.66. The molecule has 0 unspecified atom stereocenters. The van der Waals surface area contributed by atoms with Crippen molar-refractivity contribution in [2.24, 2.45) is 0 Å². The van der Waals surface area contributed by atoms with E-state index >= 15 is 0 Å². The molecule has 0 aliphatic heterocycles. The maximum Gasteiger partial charge on any atom is 0.0992 e. The summed E-state index contributed by atoms with van der Waals surface area (Å²) in [6, 6.07) is 17.7. The molecule has 0 amide bonds. The minimum Gasteiger partial charge on any atom is -0.378 e. The van der Waals surface area contributed by atoms with Gasteiger partial charge in [-0.15, -0.1) is 0 Å². The first-order valence-corrected chi connectivity index (χ1v) is 5.73. The maximum absolute atomic E-state index is 8.84. The molecule has 0 atom stereocenters. The molecule has 2 aromatic carbocycles. The quantitative estimate of drug-likeness (QED) is 0.889. The van der Waals surface area contributed by atoms with Crippen molar-refractivity contribution in [2.75, 3.05) is 24.3 Å². The lowest BCUT2D eigenvalue weighted by atomic mass is 10.2. The fourth-order valence-electron chi connectivity index (χ4n) is 1.68. The molecule has 0 aromatic heterocycles. The Bertz CT molecular complexity index is 565. The second kappa shape index (κ2) is 5.24. The smallest absolute Gasteiger partial charge is 0.0992 e. The molecule has 0 heterocycles. The number of hydrogen-bond donors (Lipinski definition) is 1. The molecule has 90 valence electrons. The summed E-state index contributed by atoms with van der Waals surface area (Å²) in [5.41, 5.74) is 3.75. The van der Waals surface area contributed by atoms with E-state index in [0.717, 1.165) is 17.1 Å². The van der Waals surface area contributed by atoms with Gasteiger partial charge in [-0.05, 0) is 42.5 Å². The summed E-state index contributed by atoms with van der Waals surface area (Å²) >= 11 is 0. The fraction of sp³-hybridized carbons (Fsp3) is 0.133. The number of benzene rings is 2. The highest BCUT2D eigenvalue weighted by atomic mass is 15.1. The van der Waals surface area contributed by atoms with Crippen molar-refractivity contribution in [1.82, 2.24) is 0 Å². The molecular weight excluding hydrogens is 222 g/mol. The zero-order valence-corrected chi connectivity index (χ0v) is 10.5. The third kappa shape index (κ3) is 2.80. The van der Waals surface area contributed by atoms with E-state index in [9.17, 15) is 0 Å². The Balaban J connectivity index is 2.16. The summed E-state index contributed by atoms with van der Waals surface area (Å²) in [6.07, 6.45) is 0. The molecule has 18 heavy (non-hydrogen) atoms. The lowest BCUT2D eigenvalue weighted by Crippen LogP contribution is -2.08. The predicted octanol–water partition coefficient (Wildman–Crippen LogP) is 3.37. The molecule has 2 rings (SSSR count). The summed E-state index contributed by atoms with van der Waals surface area (Å²) < 4.78 is 0. The zero-order valence-electron chi connectivity index (χ0n) is 10.5. The van der Waals surface area contributed by atoms with Crippen molar-refractivity contribution in [2.45, 2.75) is 0 Å². The Hall–Kier alpha value is -2.47. The first-order valence-electron chi connectivity index (χ1n) is 5.73. The number of anilines is 3. The highest BCUT2D eigenvalue weighted by Crippen LogP contribution is 2.20. The maximum atomic E-state index is 8.84. The summed E-state index contributed by atoms with van der Waals surface area (Å²) in [5.74, 6) is 0. The van der Waals surface area contributed by atoms with Crippen LogP contribution < -0.4 is 10.2 Å². The van der Waals surface area contributed by atoms with Crippen molar-refractivity contribution in [3.8, 4) is 6.07 Å². The van der Waals surface area contributed by atoms with E-state index in [1.165, 1.54) is 0 Å². The Morgan fingerprint density at radius 3 is 2.33 bits per heavy atom. The van der Waals surface area contributed by atoms with Gasteiger partial charge in [-0.2, -0.15) is 5.26 Å². The van der Waals surface area contributed by atoms with Crippen LogP contribution >= 0.6 is 0 Å². The topological polar surface area (TPSA) is 39.1 Å². The molecule has 3 heteroatoms. The molecule has 0 bridgehead atoms. The molecule has 0 aliphatic carbocycles. The highest BCUT2D eigenvalue weighted by Gasteiger charge is 1.98. The summed E-state index contributed by atoms with van der Waals surface area (Å²) in [7, 11) is 4.03. The average molecular weight is 237 g/mol. The third-order valence-electron chi connectivity index (χ3n) is 2.66. The second-order valence-electron chi connectivity index (χ2n) is 4.26. The van der Waals surface area contributed by atoms with Gasteiger partial charge in [0.25, 0.3) is 0 Å². The van der Waals surface area contributed by atoms with Crippen LogP contribution in [0.4, 0.5) is 17.1 Å². The van der Waals surface area contributed by atoms with Crippen molar-refractivity contribution < 1.29 is 0 Å². The Kier molecular flexibility index (Phi) is 3.49. The molecule has 0 aliphatic rings. The fourth-order valence-corrected chi connectivity index (χ4v) is 1.68. The van der Waals surface area contributed by atoms with Gasteiger partial charge in [0.2, 0.25) is 0 Å². The molecule has 0 radical (unpaired) electrons. The van der Waals surface area contributed by atoms with Crippen LogP contribution in [0.2, 0.25) is 0 Å². The highest BCUT2D eigenvalue weighted by molar-refractivity contribution is 5.63. The first-order chi connectivity index (χ1) is 8.69. The van der Waals surface area contributed by atoms with E-state index in [2.05, 4.69) is 28.4 Å². The van der Waals surface area contributed by atoms with Crippen LogP contribution in [-0.2, 0) is 0 Å². The average Bonchev–Trinajstić information content (AvgIpc) is 2.39. The Labute approximate surface area is 107 Å². The Morgan fingerprint density at radius 2 is 1.72 bits per heavy atom. The molecular formula is C15H15N3. The van der Waals surface area contributed by atoms with Crippen LogP contribution in [0.3, 0.4) is 0 Å². The molecule has 0 spiro atoms.